The lowest BCUT2D eigenvalue weighted by Gasteiger charge is -2.43. The average molecular weight is 256 g/mol. The molecule has 1 fully saturated rings. The molecule has 0 aromatic heterocycles. The van der Waals surface area contributed by atoms with Crippen LogP contribution in [0.3, 0.4) is 0 Å². The lowest BCUT2D eigenvalue weighted by molar-refractivity contribution is -0.142. The van der Waals surface area contributed by atoms with Crippen LogP contribution in [-0.4, -0.2) is 28.9 Å². The third kappa shape index (κ3) is 2.79. The number of hydrogen-bond donors (Lipinski definition) is 1. The molecule has 1 aliphatic carbocycles. The van der Waals surface area contributed by atoms with Gasteiger partial charge in [-0.3, -0.25) is 4.79 Å². The van der Waals surface area contributed by atoms with Crippen LogP contribution in [0.2, 0.25) is 0 Å². The Balaban J connectivity index is 2.74. The quantitative estimate of drug-likeness (QED) is 0.742. The first-order valence-corrected chi connectivity index (χ1v) is 6.98. The highest BCUT2D eigenvalue weighted by molar-refractivity contribution is 7.80. The monoisotopic (exact) mass is 256 g/mol. The molecule has 1 unspecified atom stereocenters. The molecule has 0 heterocycles. The Morgan fingerprint density at radius 2 is 2.06 bits per heavy atom. The van der Waals surface area contributed by atoms with Crippen LogP contribution in [0.25, 0.3) is 0 Å². The molecular formula is C13H24N2OS. The Kier molecular flexibility index (Phi) is 4.92. The number of nitrogens with zero attached hydrogens (tertiary/aromatic N) is 1. The van der Waals surface area contributed by atoms with Crippen molar-refractivity contribution in [1.29, 1.82) is 0 Å². The van der Waals surface area contributed by atoms with Gasteiger partial charge in [-0.2, -0.15) is 0 Å². The largest absolute Gasteiger partial charge is 0.392 e. The molecule has 0 saturated heterocycles. The van der Waals surface area contributed by atoms with E-state index in [2.05, 4.69) is 13.8 Å². The molecule has 0 aliphatic heterocycles. The van der Waals surface area contributed by atoms with Gasteiger partial charge >= 0.3 is 0 Å². The minimum absolute atomic E-state index is 0.152. The zero-order valence-electron chi connectivity index (χ0n) is 11.2. The summed E-state index contributed by atoms with van der Waals surface area (Å²) in [6.07, 6.45) is 3.81. The van der Waals surface area contributed by atoms with Crippen molar-refractivity contribution in [2.45, 2.75) is 46.5 Å². The van der Waals surface area contributed by atoms with Crippen molar-refractivity contribution in [3.05, 3.63) is 0 Å². The number of rotatable bonds is 6. The number of nitrogens with two attached hydrogens (primary N) is 1. The van der Waals surface area contributed by atoms with E-state index in [1.807, 2.05) is 11.8 Å². The van der Waals surface area contributed by atoms with Crippen molar-refractivity contribution in [1.82, 2.24) is 4.90 Å². The van der Waals surface area contributed by atoms with Crippen LogP contribution in [-0.2, 0) is 4.79 Å². The first-order chi connectivity index (χ1) is 7.97. The summed E-state index contributed by atoms with van der Waals surface area (Å²) < 4.78 is 0. The van der Waals surface area contributed by atoms with E-state index in [1.165, 1.54) is 0 Å². The minimum atomic E-state index is -0.515. The van der Waals surface area contributed by atoms with Crippen LogP contribution in [0.4, 0.5) is 0 Å². The highest BCUT2D eigenvalue weighted by Gasteiger charge is 2.48. The Morgan fingerprint density at radius 1 is 1.47 bits per heavy atom. The maximum Gasteiger partial charge on any atom is 0.235 e. The lowest BCUT2D eigenvalue weighted by atomic mass is 9.67. The first-order valence-electron chi connectivity index (χ1n) is 6.57. The molecule has 1 amide bonds. The summed E-state index contributed by atoms with van der Waals surface area (Å²) in [6, 6.07) is 0. The van der Waals surface area contributed by atoms with Crippen molar-refractivity contribution in [2.75, 3.05) is 13.1 Å². The van der Waals surface area contributed by atoms with E-state index in [0.717, 1.165) is 38.8 Å². The van der Waals surface area contributed by atoms with Crippen molar-refractivity contribution in [2.24, 2.45) is 17.1 Å². The van der Waals surface area contributed by atoms with Gasteiger partial charge in [0.2, 0.25) is 5.91 Å². The normalized spacial score (nSPS) is 19.2. The van der Waals surface area contributed by atoms with Gasteiger partial charge in [0.15, 0.2) is 0 Å². The molecule has 1 rings (SSSR count). The highest BCUT2D eigenvalue weighted by Crippen LogP contribution is 2.43. The second-order valence-corrected chi connectivity index (χ2v) is 5.60. The predicted molar refractivity (Wildman–Crippen MR) is 74.8 cm³/mol. The van der Waals surface area contributed by atoms with Crippen molar-refractivity contribution in [3.63, 3.8) is 0 Å². The fourth-order valence-electron chi connectivity index (χ4n) is 2.26. The van der Waals surface area contributed by atoms with Gasteiger partial charge in [0, 0.05) is 13.1 Å². The molecule has 4 heteroatoms. The Hall–Kier alpha value is -0.640. The second-order valence-electron chi connectivity index (χ2n) is 5.16. The summed E-state index contributed by atoms with van der Waals surface area (Å²) >= 11 is 5.10. The lowest BCUT2D eigenvalue weighted by Crippen LogP contribution is -2.55. The van der Waals surface area contributed by atoms with Gasteiger partial charge in [0.05, 0.1) is 10.4 Å². The molecule has 1 aliphatic rings. The molecule has 1 atom stereocenters. The fraction of sp³-hybridized carbons (Fsp3) is 0.846. The molecule has 0 spiro atoms. The molecule has 0 bridgehead atoms. The van der Waals surface area contributed by atoms with Crippen LogP contribution in [0, 0.1) is 11.3 Å². The summed E-state index contributed by atoms with van der Waals surface area (Å²) in [5.41, 5.74) is 5.26. The van der Waals surface area contributed by atoms with Crippen LogP contribution in [0.15, 0.2) is 0 Å². The third-order valence-electron chi connectivity index (χ3n) is 3.99. The smallest absolute Gasteiger partial charge is 0.235 e. The molecule has 0 aromatic rings. The van der Waals surface area contributed by atoms with E-state index >= 15 is 0 Å². The van der Waals surface area contributed by atoms with Crippen LogP contribution in [0.1, 0.15) is 46.5 Å². The molecule has 0 aromatic carbocycles. The molecule has 17 heavy (non-hydrogen) atoms. The minimum Gasteiger partial charge on any atom is -0.392 e. The predicted octanol–water partition coefficient (Wildman–Crippen LogP) is 2.34. The number of hydrogen-bond acceptors (Lipinski definition) is 2. The summed E-state index contributed by atoms with van der Waals surface area (Å²) in [6.45, 7) is 7.90. The average Bonchev–Trinajstić information content (AvgIpc) is 2.22. The Morgan fingerprint density at radius 3 is 2.35 bits per heavy atom. The van der Waals surface area contributed by atoms with E-state index in [-0.39, 0.29) is 5.91 Å². The zero-order valence-corrected chi connectivity index (χ0v) is 12.0. The van der Waals surface area contributed by atoms with Crippen LogP contribution in [0.5, 0.6) is 0 Å². The number of carbonyl (C=O) groups is 1. The van der Waals surface area contributed by atoms with E-state index in [0.29, 0.717) is 10.9 Å². The van der Waals surface area contributed by atoms with Crippen LogP contribution < -0.4 is 5.73 Å². The summed E-state index contributed by atoms with van der Waals surface area (Å²) in [7, 11) is 0. The molecular weight excluding hydrogens is 232 g/mol. The van der Waals surface area contributed by atoms with E-state index in [9.17, 15) is 4.79 Å². The van der Waals surface area contributed by atoms with Gasteiger partial charge in [0.25, 0.3) is 0 Å². The third-order valence-corrected chi connectivity index (χ3v) is 4.38. The molecule has 3 nitrogen and oxygen atoms in total. The maximum absolute atomic E-state index is 12.5. The molecule has 0 radical (unpaired) electrons. The molecule has 1 saturated carbocycles. The molecule has 2 N–H and O–H groups in total. The zero-order chi connectivity index (χ0) is 13.1. The summed E-state index contributed by atoms with van der Waals surface area (Å²) in [4.78, 5) is 14.8. The van der Waals surface area contributed by atoms with Gasteiger partial charge in [-0.25, -0.2) is 0 Å². The standard InChI is InChI=1S/C13H24N2OS/c1-4-10(3)9-15(5-2)12(16)13(11(14)17)7-6-8-13/h10H,4-9H2,1-3H3,(H2,14,17). The van der Waals surface area contributed by atoms with Crippen molar-refractivity contribution < 1.29 is 4.79 Å². The summed E-state index contributed by atoms with van der Waals surface area (Å²) in [5, 5.41) is 0. The number of carbonyl (C=O) groups excluding carboxylic acids is 1. The van der Waals surface area contributed by atoms with E-state index in [1.54, 1.807) is 0 Å². The van der Waals surface area contributed by atoms with Crippen LogP contribution >= 0.6 is 12.2 Å². The van der Waals surface area contributed by atoms with E-state index < -0.39 is 5.41 Å². The van der Waals surface area contributed by atoms with Gasteiger partial charge in [0.1, 0.15) is 0 Å². The highest BCUT2D eigenvalue weighted by atomic mass is 32.1. The molecule has 98 valence electrons. The van der Waals surface area contributed by atoms with Crippen molar-refractivity contribution >= 4 is 23.1 Å². The van der Waals surface area contributed by atoms with E-state index in [4.69, 9.17) is 18.0 Å². The fourth-order valence-corrected chi connectivity index (χ4v) is 2.55. The SMILES string of the molecule is CCC(C)CN(CC)C(=O)C1(C(N)=S)CCC1. The summed E-state index contributed by atoms with van der Waals surface area (Å²) in [5.74, 6) is 0.682. The van der Waals surface area contributed by atoms with Crippen molar-refractivity contribution in [3.8, 4) is 0 Å². The maximum atomic E-state index is 12.5. The second kappa shape index (κ2) is 5.80. The van der Waals surface area contributed by atoms with Gasteiger partial charge in [-0.1, -0.05) is 38.9 Å². The number of amides is 1. The Bertz CT molecular complexity index is 300. The van der Waals surface area contributed by atoms with Gasteiger partial charge in [-0.05, 0) is 25.7 Å². The first kappa shape index (κ1) is 14.4. The van der Waals surface area contributed by atoms with Gasteiger partial charge in [-0.15, -0.1) is 0 Å². The topological polar surface area (TPSA) is 46.3 Å². The Labute approximate surface area is 110 Å². The van der Waals surface area contributed by atoms with Gasteiger partial charge < -0.3 is 10.6 Å². The number of thiocarbonyl (C=S) groups is 1.